The topological polar surface area (TPSA) is 37.4 Å². The minimum atomic E-state index is -3.06. The van der Waals surface area contributed by atoms with Crippen LogP contribution in [0.2, 0.25) is 0 Å². The van der Waals surface area contributed by atoms with Crippen LogP contribution in [0.4, 0.5) is 5.69 Å². The number of benzene rings is 1. The normalized spacial score (nSPS) is 19.5. The van der Waals surface area contributed by atoms with Gasteiger partial charge in [0.15, 0.2) is 0 Å². The molecular formula is C10H12BrNO2S. The van der Waals surface area contributed by atoms with Gasteiger partial charge >= 0.3 is 0 Å². The predicted molar refractivity (Wildman–Crippen MR) is 64.6 cm³/mol. The van der Waals surface area contributed by atoms with Crippen LogP contribution in [0.5, 0.6) is 0 Å². The van der Waals surface area contributed by atoms with E-state index in [4.69, 9.17) is 0 Å². The Morgan fingerprint density at radius 3 is 2.67 bits per heavy atom. The number of sulfonamides is 1. The highest BCUT2D eigenvalue weighted by Crippen LogP contribution is 2.29. The van der Waals surface area contributed by atoms with Gasteiger partial charge in [0, 0.05) is 11.0 Å². The maximum atomic E-state index is 11.7. The molecule has 1 aliphatic rings. The van der Waals surface area contributed by atoms with Crippen molar-refractivity contribution in [3.63, 3.8) is 0 Å². The van der Waals surface area contributed by atoms with Crippen LogP contribution in [0.15, 0.2) is 22.7 Å². The number of hydrogen-bond acceptors (Lipinski definition) is 2. The van der Waals surface area contributed by atoms with Crippen LogP contribution in [0.1, 0.15) is 12.0 Å². The summed E-state index contributed by atoms with van der Waals surface area (Å²) in [7, 11) is -3.06. The van der Waals surface area contributed by atoms with Crippen molar-refractivity contribution in [3.05, 3.63) is 28.2 Å². The van der Waals surface area contributed by atoms with Crippen LogP contribution in [0.25, 0.3) is 0 Å². The number of rotatable bonds is 1. The van der Waals surface area contributed by atoms with Crippen molar-refractivity contribution in [3.8, 4) is 0 Å². The van der Waals surface area contributed by atoms with Gasteiger partial charge in [-0.05, 0) is 37.1 Å². The molecule has 5 heteroatoms. The van der Waals surface area contributed by atoms with E-state index in [0.29, 0.717) is 6.54 Å². The van der Waals surface area contributed by atoms with E-state index in [1.807, 2.05) is 25.1 Å². The molecule has 1 heterocycles. The van der Waals surface area contributed by atoms with Crippen molar-refractivity contribution in [2.75, 3.05) is 16.6 Å². The molecule has 0 N–H and O–H groups in total. The molecule has 1 aromatic rings. The maximum absolute atomic E-state index is 11.7. The Morgan fingerprint density at radius 2 is 2.13 bits per heavy atom. The Labute approximate surface area is 98.3 Å². The van der Waals surface area contributed by atoms with Gasteiger partial charge in [0.2, 0.25) is 10.0 Å². The number of halogens is 1. The lowest BCUT2D eigenvalue weighted by molar-refractivity contribution is 0.599. The van der Waals surface area contributed by atoms with E-state index < -0.39 is 10.0 Å². The van der Waals surface area contributed by atoms with Crippen LogP contribution < -0.4 is 4.31 Å². The second kappa shape index (κ2) is 3.79. The summed E-state index contributed by atoms with van der Waals surface area (Å²) in [5.74, 6) is 0.266. The fourth-order valence-electron chi connectivity index (χ4n) is 1.81. The van der Waals surface area contributed by atoms with E-state index in [2.05, 4.69) is 15.9 Å². The van der Waals surface area contributed by atoms with E-state index in [1.54, 1.807) is 0 Å². The SMILES string of the molecule is Cc1cc(Br)ccc1N1CCCS1(=O)=O. The van der Waals surface area contributed by atoms with Gasteiger partial charge in [0.05, 0.1) is 11.4 Å². The average Bonchev–Trinajstić information content (AvgIpc) is 2.46. The second-order valence-corrected chi connectivity index (χ2v) is 6.60. The summed E-state index contributed by atoms with van der Waals surface area (Å²) in [5.41, 5.74) is 1.78. The summed E-state index contributed by atoms with van der Waals surface area (Å²) in [6.45, 7) is 2.53. The standard InChI is InChI=1S/C10H12BrNO2S/c1-8-7-9(11)3-4-10(8)12-5-2-6-15(12,13)14/h3-4,7H,2,5-6H2,1H3. The van der Waals surface area contributed by atoms with Crippen molar-refractivity contribution in [2.45, 2.75) is 13.3 Å². The third kappa shape index (κ3) is 2.03. The van der Waals surface area contributed by atoms with Crippen LogP contribution >= 0.6 is 15.9 Å². The fourth-order valence-corrected chi connectivity index (χ4v) is 3.91. The lowest BCUT2D eigenvalue weighted by atomic mass is 10.2. The Morgan fingerprint density at radius 1 is 1.40 bits per heavy atom. The van der Waals surface area contributed by atoms with Crippen molar-refractivity contribution >= 4 is 31.6 Å². The minimum Gasteiger partial charge on any atom is -0.270 e. The quantitative estimate of drug-likeness (QED) is 0.796. The summed E-state index contributed by atoms with van der Waals surface area (Å²) in [5, 5.41) is 0. The molecule has 0 unspecified atom stereocenters. The molecule has 82 valence electrons. The van der Waals surface area contributed by atoms with Gasteiger partial charge in [-0.15, -0.1) is 0 Å². The third-order valence-corrected chi connectivity index (χ3v) is 4.88. The zero-order valence-electron chi connectivity index (χ0n) is 8.40. The molecular weight excluding hydrogens is 278 g/mol. The lowest BCUT2D eigenvalue weighted by Gasteiger charge is -2.19. The molecule has 0 amide bonds. The molecule has 1 aromatic carbocycles. The number of hydrogen-bond donors (Lipinski definition) is 0. The first-order valence-electron chi connectivity index (χ1n) is 4.77. The van der Waals surface area contributed by atoms with Crippen LogP contribution in [0.3, 0.4) is 0 Å². The van der Waals surface area contributed by atoms with Gasteiger partial charge in [0.1, 0.15) is 0 Å². The Hall–Kier alpha value is -0.550. The van der Waals surface area contributed by atoms with Crippen LogP contribution in [0, 0.1) is 6.92 Å². The number of anilines is 1. The van der Waals surface area contributed by atoms with E-state index in [0.717, 1.165) is 22.1 Å². The first kappa shape index (κ1) is 11.0. The highest BCUT2D eigenvalue weighted by Gasteiger charge is 2.29. The smallest absolute Gasteiger partial charge is 0.235 e. The van der Waals surface area contributed by atoms with Crippen molar-refractivity contribution in [1.82, 2.24) is 0 Å². The summed E-state index contributed by atoms with van der Waals surface area (Å²) in [6.07, 6.45) is 0.720. The molecule has 0 aliphatic carbocycles. The highest BCUT2D eigenvalue weighted by atomic mass is 79.9. The molecule has 1 fully saturated rings. The predicted octanol–water partition coefficient (Wildman–Crippen LogP) is 2.30. The molecule has 1 aliphatic heterocycles. The van der Waals surface area contributed by atoms with Gasteiger partial charge in [-0.25, -0.2) is 8.42 Å². The first-order valence-corrected chi connectivity index (χ1v) is 7.17. The largest absolute Gasteiger partial charge is 0.270 e. The van der Waals surface area contributed by atoms with Crippen molar-refractivity contribution in [1.29, 1.82) is 0 Å². The second-order valence-electron chi connectivity index (χ2n) is 3.67. The molecule has 2 rings (SSSR count). The fraction of sp³-hybridized carbons (Fsp3) is 0.400. The molecule has 0 atom stereocenters. The van der Waals surface area contributed by atoms with Crippen molar-refractivity contribution < 1.29 is 8.42 Å². The monoisotopic (exact) mass is 289 g/mol. The zero-order chi connectivity index (χ0) is 11.1. The summed E-state index contributed by atoms with van der Waals surface area (Å²) in [4.78, 5) is 0. The molecule has 1 saturated heterocycles. The average molecular weight is 290 g/mol. The van der Waals surface area contributed by atoms with Crippen LogP contribution in [-0.4, -0.2) is 20.7 Å². The van der Waals surface area contributed by atoms with Gasteiger partial charge in [-0.3, -0.25) is 4.31 Å². The molecule has 0 bridgehead atoms. The van der Waals surface area contributed by atoms with E-state index in [-0.39, 0.29) is 5.75 Å². The number of aryl methyl sites for hydroxylation is 1. The third-order valence-electron chi connectivity index (χ3n) is 2.53. The summed E-state index contributed by atoms with van der Waals surface area (Å²) >= 11 is 3.37. The van der Waals surface area contributed by atoms with Gasteiger partial charge in [0.25, 0.3) is 0 Å². The van der Waals surface area contributed by atoms with E-state index in [9.17, 15) is 8.42 Å². The Bertz CT molecular complexity index is 484. The summed E-state index contributed by atoms with van der Waals surface area (Å²) in [6, 6.07) is 5.65. The van der Waals surface area contributed by atoms with E-state index >= 15 is 0 Å². The van der Waals surface area contributed by atoms with Gasteiger partial charge in [-0.1, -0.05) is 15.9 Å². The molecule has 0 aromatic heterocycles. The summed E-state index contributed by atoms with van der Waals surface area (Å²) < 4.78 is 25.9. The van der Waals surface area contributed by atoms with E-state index in [1.165, 1.54) is 4.31 Å². The minimum absolute atomic E-state index is 0.266. The van der Waals surface area contributed by atoms with Gasteiger partial charge < -0.3 is 0 Å². The lowest BCUT2D eigenvalue weighted by Crippen LogP contribution is -2.25. The molecule has 0 radical (unpaired) electrons. The maximum Gasteiger partial charge on any atom is 0.235 e. The molecule has 0 spiro atoms. The number of nitrogens with zero attached hydrogens (tertiary/aromatic N) is 1. The molecule has 15 heavy (non-hydrogen) atoms. The highest BCUT2D eigenvalue weighted by molar-refractivity contribution is 9.10. The van der Waals surface area contributed by atoms with Gasteiger partial charge in [-0.2, -0.15) is 0 Å². The van der Waals surface area contributed by atoms with Crippen molar-refractivity contribution in [2.24, 2.45) is 0 Å². The van der Waals surface area contributed by atoms with Crippen LogP contribution in [-0.2, 0) is 10.0 Å². The zero-order valence-corrected chi connectivity index (χ0v) is 10.8. The molecule has 3 nitrogen and oxygen atoms in total. The molecule has 0 saturated carbocycles. The Balaban J connectivity index is 2.46. The first-order chi connectivity index (χ1) is 7.00. The Kier molecular flexibility index (Phi) is 2.77.